The van der Waals surface area contributed by atoms with Gasteiger partial charge in [-0.05, 0) is 44.1 Å². The number of benzene rings is 1. The fraction of sp³-hybridized carbons (Fsp3) is 0.556. The zero-order valence-electron chi connectivity index (χ0n) is 13.0. The van der Waals surface area contributed by atoms with E-state index in [9.17, 15) is 5.11 Å². The highest BCUT2D eigenvalue weighted by Crippen LogP contribution is 2.62. The van der Waals surface area contributed by atoms with E-state index in [-0.39, 0.29) is 17.4 Å². The van der Waals surface area contributed by atoms with E-state index in [1.165, 1.54) is 11.1 Å². The molecule has 2 bridgehead atoms. The minimum absolute atomic E-state index is 0.0300. The third-order valence-corrected chi connectivity index (χ3v) is 6.38. The molecule has 116 valence electrons. The summed E-state index contributed by atoms with van der Waals surface area (Å²) in [5.74, 6) is 1.94. The van der Waals surface area contributed by atoms with Crippen molar-refractivity contribution >= 4 is 0 Å². The van der Waals surface area contributed by atoms with E-state index in [0.717, 1.165) is 30.9 Å². The van der Waals surface area contributed by atoms with Gasteiger partial charge in [-0.3, -0.25) is 0 Å². The van der Waals surface area contributed by atoms with Crippen LogP contribution in [0.25, 0.3) is 0 Å². The topological polar surface area (TPSA) is 41.9 Å². The number of aliphatic hydroxyl groups excluding tert-OH is 1. The van der Waals surface area contributed by atoms with Crippen LogP contribution in [0, 0.1) is 5.92 Å². The number of hydrogen-bond acceptors (Lipinski definition) is 4. The molecule has 4 aliphatic rings. The predicted molar refractivity (Wildman–Crippen MR) is 82.5 cm³/mol. The predicted octanol–water partition coefficient (Wildman–Crippen LogP) is 1.50. The lowest BCUT2D eigenvalue weighted by molar-refractivity contribution is -0.0575. The molecule has 1 aromatic carbocycles. The van der Waals surface area contributed by atoms with Crippen LogP contribution in [-0.2, 0) is 11.8 Å². The monoisotopic (exact) mass is 299 g/mol. The van der Waals surface area contributed by atoms with Gasteiger partial charge in [-0.25, -0.2) is 0 Å². The lowest BCUT2D eigenvalue weighted by Gasteiger charge is -2.57. The summed E-state index contributed by atoms with van der Waals surface area (Å²) in [6.07, 6.45) is 5.65. The molecular formula is C18H21NO3. The van der Waals surface area contributed by atoms with Crippen molar-refractivity contribution in [2.75, 3.05) is 20.7 Å². The minimum atomic E-state index is -0.391. The molecule has 5 rings (SSSR count). The van der Waals surface area contributed by atoms with Crippen molar-refractivity contribution in [3.05, 3.63) is 35.4 Å². The van der Waals surface area contributed by atoms with Gasteiger partial charge in [0.15, 0.2) is 11.5 Å². The summed E-state index contributed by atoms with van der Waals surface area (Å²) in [5.41, 5.74) is 2.60. The van der Waals surface area contributed by atoms with Crippen LogP contribution in [0.5, 0.6) is 11.5 Å². The minimum Gasteiger partial charge on any atom is -0.493 e. The smallest absolute Gasteiger partial charge is 0.166 e. The number of likely N-dealkylation sites (N-methyl/N-ethyl adjacent to an activating group) is 1. The SMILES string of the molecule is COc1ccc2c3c1OC1C=CC(O)[C@H]4[C@@H](C2)N(C)CC[C@]314. The van der Waals surface area contributed by atoms with E-state index in [2.05, 4.69) is 24.1 Å². The number of nitrogens with zero attached hydrogens (tertiary/aromatic N) is 1. The summed E-state index contributed by atoms with van der Waals surface area (Å²) in [4.78, 5) is 2.42. The fourth-order valence-electron chi connectivity index (χ4n) is 5.46. The van der Waals surface area contributed by atoms with Crippen molar-refractivity contribution in [3.8, 4) is 11.5 Å². The van der Waals surface area contributed by atoms with E-state index in [0.29, 0.717) is 6.04 Å². The number of likely N-dealkylation sites (tertiary alicyclic amines) is 1. The standard InChI is InChI=1S/C18H21NO3/c1-19-8-7-18-14-6-4-12(20)16(18)11(19)9-10-3-5-13(21-2)17(22-14)15(10)18/h3-6,11-12,14,16,20H,7-9H2,1-2H3/t11-,12?,14?,16-,18-/m1/s1. The van der Waals surface area contributed by atoms with Gasteiger partial charge in [0.05, 0.1) is 13.2 Å². The Morgan fingerprint density at radius 2 is 2.23 bits per heavy atom. The third-order valence-electron chi connectivity index (χ3n) is 6.38. The second-order valence-electron chi connectivity index (χ2n) is 7.11. The number of piperidine rings is 1. The molecule has 4 nitrogen and oxygen atoms in total. The Hall–Kier alpha value is -1.52. The molecular weight excluding hydrogens is 278 g/mol. The van der Waals surface area contributed by atoms with Crippen molar-refractivity contribution < 1.29 is 14.6 Å². The molecule has 0 saturated carbocycles. The zero-order valence-corrected chi connectivity index (χ0v) is 13.0. The molecule has 22 heavy (non-hydrogen) atoms. The van der Waals surface area contributed by atoms with Crippen LogP contribution in [0.15, 0.2) is 24.3 Å². The molecule has 2 aliphatic carbocycles. The zero-order chi connectivity index (χ0) is 15.1. The van der Waals surface area contributed by atoms with Crippen LogP contribution in [0.3, 0.4) is 0 Å². The highest BCUT2D eigenvalue weighted by molar-refractivity contribution is 5.62. The largest absolute Gasteiger partial charge is 0.493 e. The van der Waals surface area contributed by atoms with Gasteiger partial charge in [-0.2, -0.15) is 0 Å². The Balaban J connectivity index is 1.83. The summed E-state index contributed by atoms with van der Waals surface area (Å²) in [6.45, 7) is 1.05. The molecule has 2 unspecified atom stereocenters. The maximum absolute atomic E-state index is 10.7. The Bertz CT molecular complexity index is 685. The third kappa shape index (κ3) is 1.28. The average molecular weight is 299 g/mol. The van der Waals surface area contributed by atoms with Crippen LogP contribution < -0.4 is 9.47 Å². The molecule has 0 amide bonds. The summed E-state index contributed by atoms with van der Waals surface area (Å²) in [6, 6.07) is 4.60. The molecule has 1 fully saturated rings. The maximum atomic E-state index is 10.7. The van der Waals surface area contributed by atoms with Gasteiger partial charge >= 0.3 is 0 Å². The second-order valence-corrected chi connectivity index (χ2v) is 7.11. The van der Waals surface area contributed by atoms with Gasteiger partial charge < -0.3 is 19.5 Å². The van der Waals surface area contributed by atoms with Gasteiger partial charge in [-0.15, -0.1) is 0 Å². The summed E-state index contributed by atoms with van der Waals surface area (Å²) in [7, 11) is 3.88. The molecule has 0 aromatic heterocycles. The van der Waals surface area contributed by atoms with Crippen molar-refractivity contribution in [2.45, 2.75) is 36.5 Å². The molecule has 2 aliphatic heterocycles. The summed E-state index contributed by atoms with van der Waals surface area (Å²) < 4.78 is 11.9. The number of hydrogen-bond donors (Lipinski definition) is 1. The Morgan fingerprint density at radius 3 is 3.05 bits per heavy atom. The van der Waals surface area contributed by atoms with Crippen molar-refractivity contribution in [2.24, 2.45) is 5.92 Å². The van der Waals surface area contributed by atoms with E-state index in [1.807, 2.05) is 12.1 Å². The molecule has 0 radical (unpaired) electrons. The van der Waals surface area contributed by atoms with E-state index < -0.39 is 6.10 Å². The summed E-state index contributed by atoms with van der Waals surface area (Å²) >= 11 is 0. The van der Waals surface area contributed by atoms with Crippen molar-refractivity contribution in [3.63, 3.8) is 0 Å². The highest BCUT2D eigenvalue weighted by atomic mass is 16.5. The lowest BCUT2D eigenvalue weighted by Crippen LogP contribution is -2.65. The maximum Gasteiger partial charge on any atom is 0.166 e. The van der Waals surface area contributed by atoms with Gasteiger partial charge in [0.1, 0.15) is 6.10 Å². The van der Waals surface area contributed by atoms with E-state index in [4.69, 9.17) is 9.47 Å². The molecule has 1 aromatic rings. The van der Waals surface area contributed by atoms with Crippen LogP contribution in [-0.4, -0.2) is 49.0 Å². The van der Waals surface area contributed by atoms with Gasteiger partial charge in [0.2, 0.25) is 0 Å². The van der Waals surface area contributed by atoms with Gasteiger partial charge in [-0.1, -0.05) is 12.1 Å². The number of ether oxygens (including phenoxy) is 2. The molecule has 1 N–H and O–H groups in total. The number of rotatable bonds is 1. The van der Waals surface area contributed by atoms with Crippen LogP contribution in [0.2, 0.25) is 0 Å². The van der Waals surface area contributed by atoms with Crippen molar-refractivity contribution in [1.82, 2.24) is 4.90 Å². The Labute approximate surface area is 130 Å². The van der Waals surface area contributed by atoms with E-state index >= 15 is 0 Å². The van der Waals surface area contributed by atoms with Crippen LogP contribution >= 0.6 is 0 Å². The first kappa shape index (κ1) is 13.0. The second kappa shape index (κ2) is 4.06. The van der Waals surface area contributed by atoms with Crippen LogP contribution in [0.4, 0.5) is 0 Å². The van der Waals surface area contributed by atoms with Crippen LogP contribution in [0.1, 0.15) is 17.5 Å². The van der Waals surface area contributed by atoms with Gasteiger partial charge in [0, 0.05) is 22.9 Å². The summed E-state index contributed by atoms with van der Waals surface area (Å²) in [5, 5.41) is 10.7. The molecule has 1 spiro atoms. The quantitative estimate of drug-likeness (QED) is 0.798. The average Bonchev–Trinajstić information content (AvgIpc) is 2.86. The molecule has 1 saturated heterocycles. The number of methoxy groups -OCH3 is 1. The molecule has 2 heterocycles. The fourth-order valence-corrected chi connectivity index (χ4v) is 5.46. The highest BCUT2D eigenvalue weighted by Gasteiger charge is 2.64. The number of aliphatic hydroxyl groups is 1. The first-order valence-corrected chi connectivity index (χ1v) is 8.10. The van der Waals surface area contributed by atoms with Gasteiger partial charge in [0.25, 0.3) is 0 Å². The Morgan fingerprint density at radius 1 is 1.36 bits per heavy atom. The molecule has 5 atom stereocenters. The Kier molecular flexibility index (Phi) is 2.39. The van der Waals surface area contributed by atoms with E-state index in [1.54, 1.807) is 7.11 Å². The lowest BCUT2D eigenvalue weighted by atomic mass is 9.52. The first-order chi connectivity index (χ1) is 10.7. The first-order valence-electron chi connectivity index (χ1n) is 8.10. The molecule has 4 heteroatoms. The normalized spacial score (nSPS) is 41.0. The van der Waals surface area contributed by atoms with Crippen molar-refractivity contribution in [1.29, 1.82) is 0 Å².